The number of ether oxygens (including phenoxy) is 1. The van der Waals surface area contributed by atoms with E-state index in [2.05, 4.69) is 20.0 Å². The number of anilines is 2. The molecule has 0 aliphatic carbocycles. The number of methoxy groups -OCH3 is 1. The summed E-state index contributed by atoms with van der Waals surface area (Å²) in [5.41, 5.74) is 2.63. The first-order chi connectivity index (χ1) is 13.4. The average molecular weight is 398 g/mol. The van der Waals surface area contributed by atoms with Gasteiger partial charge in [0, 0.05) is 6.20 Å². The second-order valence-corrected chi connectivity index (χ2v) is 7.95. The van der Waals surface area contributed by atoms with Crippen LogP contribution in [0.3, 0.4) is 0 Å². The lowest BCUT2D eigenvalue weighted by atomic mass is 10.1. The third kappa shape index (κ3) is 4.58. The lowest BCUT2D eigenvalue weighted by Crippen LogP contribution is -2.15. The smallest absolute Gasteiger partial charge is 0.262 e. The minimum atomic E-state index is -3.74. The molecule has 2 N–H and O–H groups in total. The molecule has 8 heteroatoms. The first kappa shape index (κ1) is 19.6. The maximum atomic E-state index is 12.8. The summed E-state index contributed by atoms with van der Waals surface area (Å²) in [6.07, 6.45) is 3.20. The molecule has 7 nitrogen and oxygen atoms in total. The zero-order valence-corrected chi connectivity index (χ0v) is 16.7. The number of aromatic nitrogens is 2. The van der Waals surface area contributed by atoms with E-state index in [9.17, 15) is 8.42 Å². The van der Waals surface area contributed by atoms with E-state index in [1.54, 1.807) is 51.4 Å². The van der Waals surface area contributed by atoms with E-state index in [4.69, 9.17) is 4.74 Å². The van der Waals surface area contributed by atoms with Crippen LogP contribution < -0.4 is 14.8 Å². The van der Waals surface area contributed by atoms with Crippen LogP contribution in [0, 0.1) is 13.8 Å². The van der Waals surface area contributed by atoms with Crippen molar-refractivity contribution < 1.29 is 13.2 Å². The third-order valence-electron chi connectivity index (χ3n) is 4.17. The Bertz CT molecular complexity index is 1050. The molecule has 0 saturated heterocycles. The molecule has 0 amide bonds. The Kier molecular flexibility index (Phi) is 5.79. The molecule has 0 aliphatic rings. The van der Waals surface area contributed by atoms with Crippen molar-refractivity contribution in [3.05, 3.63) is 71.7 Å². The van der Waals surface area contributed by atoms with Crippen LogP contribution >= 0.6 is 0 Å². The zero-order chi connectivity index (χ0) is 20.1. The minimum Gasteiger partial charge on any atom is -0.496 e. The van der Waals surface area contributed by atoms with Crippen molar-refractivity contribution in [2.75, 3.05) is 17.1 Å². The van der Waals surface area contributed by atoms with E-state index in [0.29, 0.717) is 29.4 Å². The van der Waals surface area contributed by atoms with Gasteiger partial charge in [0.25, 0.3) is 10.0 Å². The number of hydrogen-bond donors (Lipinski definition) is 2. The summed E-state index contributed by atoms with van der Waals surface area (Å²) < 4.78 is 33.3. The molecule has 146 valence electrons. The zero-order valence-electron chi connectivity index (χ0n) is 15.9. The van der Waals surface area contributed by atoms with E-state index >= 15 is 0 Å². The van der Waals surface area contributed by atoms with Gasteiger partial charge in [-0.2, -0.15) is 0 Å². The van der Waals surface area contributed by atoms with Gasteiger partial charge in [0.05, 0.1) is 36.1 Å². The maximum Gasteiger partial charge on any atom is 0.262 e. The van der Waals surface area contributed by atoms with Gasteiger partial charge in [-0.3, -0.25) is 9.71 Å². The van der Waals surface area contributed by atoms with Crippen LogP contribution in [0.15, 0.2) is 59.8 Å². The normalized spacial score (nSPS) is 11.1. The quantitative estimate of drug-likeness (QED) is 0.633. The highest BCUT2D eigenvalue weighted by Gasteiger charge is 2.19. The van der Waals surface area contributed by atoms with Crippen molar-refractivity contribution in [3.8, 4) is 5.75 Å². The van der Waals surface area contributed by atoms with Crippen molar-refractivity contribution in [1.29, 1.82) is 0 Å². The van der Waals surface area contributed by atoms with Crippen molar-refractivity contribution >= 4 is 21.5 Å². The van der Waals surface area contributed by atoms with Gasteiger partial charge >= 0.3 is 0 Å². The summed E-state index contributed by atoms with van der Waals surface area (Å²) in [4.78, 5) is 8.69. The highest BCUT2D eigenvalue weighted by atomic mass is 32.2. The van der Waals surface area contributed by atoms with Crippen molar-refractivity contribution in [2.24, 2.45) is 0 Å². The molecule has 0 fully saturated rings. The molecule has 0 atom stereocenters. The molecule has 3 rings (SSSR count). The molecular formula is C20H22N4O3S. The van der Waals surface area contributed by atoms with E-state index < -0.39 is 10.0 Å². The Morgan fingerprint density at radius 1 is 1.04 bits per heavy atom. The van der Waals surface area contributed by atoms with Crippen molar-refractivity contribution in [2.45, 2.75) is 25.3 Å². The summed E-state index contributed by atoms with van der Waals surface area (Å²) in [6.45, 7) is 4.07. The Hall–Kier alpha value is -3.13. The summed E-state index contributed by atoms with van der Waals surface area (Å²) in [5, 5.41) is 3.15. The van der Waals surface area contributed by atoms with E-state index in [1.165, 1.54) is 6.20 Å². The standard InChI is InChI=1S/C20H22N4O3S/c1-14-11-19(15(2)10-18(14)27-3)28(25,26)24-17-7-8-20(23-13-17)22-12-16-6-4-5-9-21-16/h4-11,13,24H,12H2,1-3H3,(H,22,23). The third-order valence-corrected chi connectivity index (χ3v) is 5.70. The van der Waals surface area contributed by atoms with Gasteiger partial charge < -0.3 is 10.1 Å². The number of benzene rings is 1. The van der Waals surface area contributed by atoms with Crippen LogP contribution in [0.25, 0.3) is 0 Å². The van der Waals surface area contributed by atoms with Crippen molar-refractivity contribution in [3.63, 3.8) is 0 Å². The molecular weight excluding hydrogens is 376 g/mol. The second kappa shape index (κ2) is 8.26. The lowest BCUT2D eigenvalue weighted by molar-refractivity contribution is 0.411. The molecule has 28 heavy (non-hydrogen) atoms. The SMILES string of the molecule is COc1cc(C)c(S(=O)(=O)Nc2ccc(NCc3ccccn3)nc2)cc1C. The molecule has 0 radical (unpaired) electrons. The van der Waals surface area contributed by atoms with E-state index in [1.807, 2.05) is 18.2 Å². The Balaban J connectivity index is 1.72. The summed E-state index contributed by atoms with van der Waals surface area (Å²) in [6, 6.07) is 12.4. The monoisotopic (exact) mass is 398 g/mol. The Morgan fingerprint density at radius 2 is 1.86 bits per heavy atom. The number of nitrogens with one attached hydrogen (secondary N) is 2. The first-order valence-electron chi connectivity index (χ1n) is 8.67. The summed E-state index contributed by atoms with van der Waals surface area (Å²) in [5.74, 6) is 1.28. The van der Waals surface area contributed by atoms with Crippen LogP contribution in [-0.2, 0) is 16.6 Å². The van der Waals surface area contributed by atoms with Crippen LogP contribution in [0.4, 0.5) is 11.5 Å². The molecule has 0 unspecified atom stereocenters. The van der Waals surface area contributed by atoms with Gasteiger partial charge in [-0.1, -0.05) is 6.07 Å². The predicted molar refractivity (Wildman–Crippen MR) is 109 cm³/mol. The van der Waals surface area contributed by atoms with Crippen LogP contribution in [0.5, 0.6) is 5.75 Å². The fourth-order valence-corrected chi connectivity index (χ4v) is 4.08. The molecule has 0 saturated carbocycles. The number of nitrogens with zero attached hydrogens (tertiary/aromatic N) is 2. The summed E-state index contributed by atoms with van der Waals surface area (Å²) in [7, 11) is -2.18. The Morgan fingerprint density at radius 3 is 2.50 bits per heavy atom. The number of hydrogen-bond acceptors (Lipinski definition) is 6. The highest BCUT2D eigenvalue weighted by molar-refractivity contribution is 7.92. The molecule has 2 heterocycles. The van der Waals surface area contributed by atoms with Gasteiger partial charge in [-0.15, -0.1) is 0 Å². The first-order valence-corrected chi connectivity index (χ1v) is 10.2. The maximum absolute atomic E-state index is 12.8. The number of sulfonamides is 1. The fourth-order valence-electron chi connectivity index (χ4n) is 2.73. The molecule has 0 bridgehead atoms. The largest absolute Gasteiger partial charge is 0.496 e. The van der Waals surface area contributed by atoms with Crippen LogP contribution in [0.1, 0.15) is 16.8 Å². The fraction of sp³-hybridized carbons (Fsp3) is 0.200. The van der Waals surface area contributed by atoms with Gasteiger partial charge in [0.15, 0.2) is 0 Å². The van der Waals surface area contributed by atoms with Gasteiger partial charge in [0.2, 0.25) is 0 Å². The lowest BCUT2D eigenvalue weighted by Gasteiger charge is -2.13. The molecule has 1 aromatic carbocycles. The van der Waals surface area contributed by atoms with Crippen LogP contribution in [-0.4, -0.2) is 25.5 Å². The summed E-state index contributed by atoms with van der Waals surface area (Å²) >= 11 is 0. The van der Waals surface area contributed by atoms with E-state index in [0.717, 1.165) is 11.3 Å². The second-order valence-electron chi connectivity index (χ2n) is 6.30. The predicted octanol–water partition coefficient (Wildman–Crippen LogP) is 3.51. The van der Waals surface area contributed by atoms with E-state index in [-0.39, 0.29) is 4.90 Å². The van der Waals surface area contributed by atoms with Crippen molar-refractivity contribution in [1.82, 2.24) is 9.97 Å². The van der Waals surface area contributed by atoms with Crippen LogP contribution in [0.2, 0.25) is 0 Å². The highest BCUT2D eigenvalue weighted by Crippen LogP contribution is 2.27. The van der Waals surface area contributed by atoms with Gasteiger partial charge in [0.1, 0.15) is 11.6 Å². The van der Waals surface area contributed by atoms with Gasteiger partial charge in [-0.05, 0) is 61.4 Å². The molecule has 3 aromatic rings. The number of pyridine rings is 2. The molecule has 2 aromatic heterocycles. The minimum absolute atomic E-state index is 0.211. The number of aryl methyl sites for hydroxylation is 2. The average Bonchev–Trinajstić information content (AvgIpc) is 2.69. The molecule has 0 spiro atoms. The Labute approximate surface area is 164 Å². The van der Waals surface area contributed by atoms with Gasteiger partial charge in [-0.25, -0.2) is 13.4 Å². The molecule has 0 aliphatic heterocycles. The topological polar surface area (TPSA) is 93.2 Å². The number of rotatable bonds is 7.